The Balaban J connectivity index is 0.000000395. The number of hydrogen-bond donors (Lipinski definition) is 0. The van der Waals surface area contributed by atoms with Gasteiger partial charge >= 0.3 is 0 Å². The summed E-state index contributed by atoms with van der Waals surface area (Å²) >= 11 is 0. The van der Waals surface area contributed by atoms with Crippen molar-refractivity contribution in [2.75, 3.05) is 0 Å². The second-order valence-electron chi connectivity index (χ2n) is 4.57. The highest BCUT2D eigenvalue weighted by Crippen LogP contribution is 2.26. The predicted molar refractivity (Wildman–Crippen MR) is 97.4 cm³/mol. The van der Waals surface area contributed by atoms with Gasteiger partial charge in [-0.1, -0.05) is 62.4 Å². The van der Waals surface area contributed by atoms with Gasteiger partial charge in [0.05, 0.1) is 0 Å². The van der Waals surface area contributed by atoms with Gasteiger partial charge in [-0.2, -0.15) is 0 Å². The average Bonchev–Trinajstić information content (AvgIpc) is 2.53. The van der Waals surface area contributed by atoms with Gasteiger partial charge in [0.2, 0.25) is 0 Å². The zero-order valence-electron chi connectivity index (χ0n) is 13.7. The number of hydrogen-bond acceptors (Lipinski definition) is 0. The fraction of sp³-hybridized carbons (Fsp3) is 0.238. The Morgan fingerprint density at radius 3 is 1.95 bits per heavy atom. The topological polar surface area (TPSA) is 0 Å². The van der Waals surface area contributed by atoms with Gasteiger partial charge in [0.25, 0.3) is 0 Å². The maximum Gasteiger partial charge on any atom is -0.00297 e. The Kier molecular flexibility index (Phi) is 6.50. The van der Waals surface area contributed by atoms with E-state index in [0.29, 0.717) is 0 Å². The third-order valence-corrected chi connectivity index (χ3v) is 3.33. The Morgan fingerprint density at radius 2 is 1.43 bits per heavy atom. The van der Waals surface area contributed by atoms with Crippen LogP contribution in [0.2, 0.25) is 0 Å². The summed E-state index contributed by atoms with van der Waals surface area (Å²) in [4.78, 5) is 0. The first-order valence-corrected chi connectivity index (χ1v) is 7.47. The quantitative estimate of drug-likeness (QED) is 0.476. The molecular weight excluding hydrogens is 252 g/mol. The summed E-state index contributed by atoms with van der Waals surface area (Å²) in [6.45, 7) is 9.94. The standard InChI is InChI=1S/C16H14.C3H4.C2H6/c1-3-12-9-10-14-6-4-5-13-8-7-11(2)15(12)16(13)14;1-3-2;1-2/h3-10H,1-2H3;1H,2H3;1-2H3/b12-3-;;. The van der Waals surface area contributed by atoms with Crippen molar-refractivity contribution >= 4 is 27.6 Å². The largest absolute Gasteiger partial charge is 0.120 e. The molecule has 0 unspecified atom stereocenters. The van der Waals surface area contributed by atoms with E-state index in [1.165, 1.54) is 32.3 Å². The summed E-state index contributed by atoms with van der Waals surface area (Å²) in [5.41, 5.74) is 1.36. The van der Waals surface area contributed by atoms with Crippen molar-refractivity contribution in [1.29, 1.82) is 0 Å². The molecule has 0 saturated carbocycles. The highest BCUT2D eigenvalue weighted by atomic mass is 14.1. The first kappa shape index (κ1) is 16.8. The normalized spacial score (nSPS) is 10.4. The molecule has 0 atom stereocenters. The predicted octanol–water partition coefficient (Wildman–Crippen LogP) is 5.49. The summed E-state index contributed by atoms with van der Waals surface area (Å²) in [5, 5.41) is 6.81. The van der Waals surface area contributed by atoms with Gasteiger partial charge in [-0.05, 0) is 53.1 Å². The van der Waals surface area contributed by atoms with E-state index in [9.17, 15) is 0 Å². The van der Waals surface area contributed by atoms with E-state index in [4.69, 9.17) is 0 Å². The minimum atomic E-state index is 1.34. The van der Waals surface area contributed by atoms with E-state index in [1.807, 2.05) is 13.8 Å². The van der Waals surface area contributed by atoms with Gasteiger partial charge in [0.15, 0.2) is 0 Å². The molecule has 0 aliphatic carbocycles. The summed E-state index contributed by atoms with van der Waals surface area (Å²) in [6.07, 6.45) is 6.79. The lowest BCUT2D eigenvalue weighted by molar-refractivity contribution is 1.50. The molecule has 0 saturated heterocycles. The lowest BCUT2D eigenvalue weighted by Crippen LogP contribution is -2.02. The van der Waals surface area contributed by atoms with Crippen molar-refractivity contribution in [3.8, 4) is 12.3 Å². The Labute approximate surface area is 128 Å². The number of rotatable bonds is 0. The third-order valence-electron chi connectivity index (χ3n) is 3.33. The summed E-state index contributed by atoms with van der Waals surface area (Å²) in [5.74, 6) is 2.25. The first-order chi connectivity index (χ1) is 10.2. The van der Waals surface area contributed by atoms with Crippen LogP contribution in [0.1, 0.15) is 33.3 Å². The second-order valence-corrected chi connectivity index (χ2v) is 4.57. The molecule has 0 N–H and O–H groups in total. The molecule has 3 aromatic rings. The Hall–Kier alpha value is -2.26. The number of aryl methyl sites for hydroxylation is 1. The smallest absolute Gasteiger partial charge is 0.00297 e. The molecule has 0 heteroatoms. The zero-order valence-corrected chi connectivity index (χ0v) is 13.7. The van der Waals surface area contributed by atoms with Crippen LogP contribution in [-0.4, -0.2) is 0 Å². The van der Waals surface area contributed by atoms with Crippen LogP contribution >= 0.6 is 0 Å². The molecule has 0 aliphatic rings. The van der Waals surface area contributed by atoms with Gasteiger partial charge < -0.3 is 0 Å². The van der Waals surface area contributed by atoms with Crippen molar-refractivity contribution in [2.45, 2.75) is 34.6 Å². The molecule has 0 aromatic heterocycles. The molecule has 0 fully saturated rings. The lowest BCUT2D eigenvalue weighted by Gasteiger charge is -2.08. The van der Waals surface area contributed by atoms with Gasteiger partial charge in [-0.25, -0.2) is 0 Å². The van der Waals surface area contributed by atoms with Crippen LogP contribution in [0.5, 0.6) is 0 Å². The van der Waals surface area contributed by atoms with Crippen molar-refractivity contribution < 1.29 is 0 Å². The summed E-state index contributed by atoms with van der Waals surface area (Å²) in [6, 6.07) is 15.4. The Bertz CT molecular complexity index is 786. The van der Waals surface area contributed by atoms with E-state index >= 15 is 0 Å². The molecule has 3 aromatic carbocycles. The van der Waals surface area contributed by atoms with Gasteiger partial charge in [0.1, 0.15) is 0 Å². The van der Waals surface area contributed by atoms with Gasteiger partial charge in [-0.3, -0.25) is 0 Å². The van der Waals surface area contributed by atoms with E-state index in [2.05, 4.69) is 74.7 Å². The van der Waals surface area contributed by atoms with Crippen LogP contribution in [0.25, 0.3) is 27.6 Å². The molecule has 3 rings (SSSR count). The van der Waals surface area contributed by atoms with Crippen molar-refractivity contribution in [2.24, 2.45) is 0 Å². The molecule has 0 amide bonds. The average molecular weight is 276 g/mol. The van der Waals surface area contributed by atoms with E-state index < -0.39 is 0 Å². The van der Waals surface area contributed by atoms with E-state index in [1.54, 1.807) is 6.92 Å². The van der Waals surface area contributed by atoms with Crippen LogP contribution in [0.15, 0.2) is 42.5 Å². The van der Waals surface area contributed by atoms with Gasteiger partial charge in [-0.15, -0.1) is 12.3 Å². The third kappa shape index (κ3) is 3.44. The fourth-order valence-electron chi connectivity index (χ4n) is 2.53. The molecule has 108 valence electrons. The van der Waals surface area contributed by atoms with Crippen LogP contribution in [0, 0.1) is 19.3 Å². The molecule has 21 heavy (non-hydrogen) atoms. The highest BCUT2D eigenvalue weighted by molar-refractivity contribution is 6.11. The minimum Gasteiger partial charge on any atom is -0.120 e. The van der Waals surface area contributed by atoms with Crippen LogP contribution in [0.4, 0.5) is 0 Å². The van der Waals surface area contributed by atoms with Crippen molar-refractivity contribution in [3.05, 3.63) is 53.2 Å². The van der Waals surface area contributed by atoms with Crippen LogP contribution in [0.3, 0.4) is 0 Å². The second kappa shape index (κ2) is 8.12. The maximum atomic E-state index is 4.60. The molecule has 0 bridgehead atoms. The molecule has 0 aliphatic heterocycles. The molecule has 0 radical (unpaired) electrons. The zero-order chi connectivity index (χ0) is 15.8. The Morgan fingerprint density at radius 1 is 0.905 bits per heavy atom. The summed E-state index contributed by atoms with van der Waals surface area (Å²) in [7, 11) is 0. The van der Waals surface area contributed by atoms with Crippen LogP contribution < -0.4 is 5.22 Å². The highest BCUT2D eigenvalue weighted by Gasteiger charge is 2.04. The van der Waals surface area contributed by atoms with E-state index in [-0.39, 0.29) is 0 Å². The minimum absolute atomic E-state index is 1.34. The van der Waals surface area contributed by atoms with Crippen molar-refractivity contribution in [1.82, 2.24) is 0 Å². The first-order valence-electron chi connectivity index (χ1n) is 7.47. The van der Waals surface area contributed by atoms with E-state index in [0.717, 1.165) is 0 Å². The van der Waals surface area contributed by atoms with Crippen molar-refractivity contribution in [3.63, 3.8) is 0 Å². The number of terminal acetylenes is 1. The fourth-order valence-corrected chi connectivity index (χ4v) is 2.53. The molecular formula is C21H24. The lowest BCUT2D eigenvalue weighted by atomic mass is 9.96. The monoisotopic (exact) mass is 276 g/mol. The number of benzene rings is 3. The summed E-state index contributed by atoms with van der Waals surface area (Å²) < 4.78 is 0. The van der Waals surface area contributed by atoms with Crippen LogP contribution in [-0.2, 0) is 0 Å². The SMILES string of the molecule is C#CC.C/C=c1/ccc2cccc3ccc(C)c1c32.CC. The molecule has 0 nitrogen and oxygen atoms in total. The molecule has 0 heterocycles. The molecule has 0 spiro atoms. The maximum absolute atomic E-state index is 4.60. The van der Waals surface area contributed by atoms with Gasteiger partial charge in [0, 0.05) is 0 Å².